The molecule has 0 aliphatic heterocycles. The predicted molar refractivity (Wildman–Crippen MR) is 119 cm³/mol. The smallest absolute Gasteiger partial charge is 0.329 e. The van der Waals surface area contributed by atoms with Crippen LogP contribution in [0.15, 0.2) is 82.2 Å². The molecule has 4 rings (SSSR count). The van der Waals surface area contributed by atoms with Crippen molar-refractivity contribution >= 4 is 50.6 Å². The van der Waals surface area contributed by atoms with Gasteiger partial charge in [-0.2, -0.15) is 0 Å². The molecule has 29 heavy (non-hydrogen) atoms. The van der Waals surface area contributed by atoms with Gasteiger partial charge in [0, 0.05) is 15.1 Å². The fraction of sp³-hybridized carbons (Fsp3) is 0.0476. The summed E-state index contributed by atoms with van der Waals surface area (Å²) in [5, 5.41) is 2.79. The van der Waals surface area contributed by atoms with E-state index in [1.165, 1.54) is 11.9 Å². The van der Waals surface area contributed by atoms with Crippen LogP contribution in [0.3, 0.4) is 0 Å². The van der Waals surface area contributed by atoms with Crippen molar-refractivity contribution in [2.45, 2.75) is 11.5 Å². The fourth-order valence-corrected chi connectivity index (χ4v) is 3.42. The number of urea groups is 1. The first-order valence-corrected chi connectivity index (χ1v) is 10.4. The minimum Gasteiger partial charge on any atom is -0.486 e. The highest BCUT2D eigenvalue weighted by Crippen LogP contribution is 2.20. The second-order valence-corrected chi connectivity index (χ2v) is 7.92. The summed E-state index contributed by atoms with van der Waals surface area (Å²) in [6, 6.07) is 22.4. The standard InChI is InChI=1S/C21H17BrN4O2S/c22-14-5-11-17(12-6-14)29-26-21(27)23-15-7-9-16(10-8-15)28-13-20-24-18-3-1-2-4-19(18)25-20/h1-12H,13H2,(H,24,25)(H2,23,26,27). The van der Waals surface area contributed by atoms with Gasteiger partial charge in [-0.25, -0.2) is 9.78 Å². The summed E-state index contributed by atoms with van der Waals surface area (Å²) >= 11 is 4.63. The van der Waals surface area contributed by atoms with Crippen molar-refractivity contribution in [3.05, 3.63) is 83.1 Å². The highest BCUT2D eigenvalue weighted by Gasteiger charge is 2.05. The number of rotatable bonds is 6. The molecule has 8 heteroatoms. The predicted octanol–water partition coefficient (Wildman–Crippen LogP) is 5.73. The zero-order valence-electron chi connectivity index (χ0n) is 15.2. The largest absolute Gasteiger partial charge is 0.486 e. The molecule has 0 bridgehead atoms. The zero-order valence-corrected chi connectivity index (χ0v) is 17.6. The van der Waals surface area contributed by atoms with E-state index in [4.69, 9.17) is 4.74 Å². The Morgan fingerprint density at radius 2 is 1.79 bits per heavy atom. The minimum absolute atomic E-state index is 0.297. The number of nitrogens with one attached hydrogen (secondary N) is 3. The summed E-state index contributed by atoms with van der Waals surface area (Å²) in [4.78, 5) is 20.7. The van der Waals surface area contributed by atoms with Crippen LogP contribution in [0, 0.1) is 0 Å². The second-order valence-electron chi connectivity index (χ2n) is 6.13. The van der Waals surface area contributed by atoms with Crippen molar-refractivity contribution in [3.8, 4) is 5.75 Å². The third kappa shape index (κ3) is 5.30. The number of halogens is 1. The Morgan fingerprint density at radius 3 is 2.55 bits per heavy atom. The number of aromatic amines is 1. The van der Waals surface area contributed by atoms with Crippen LogP contribution in [0.2, 0.25) is 0 Å². The molecule has 0 fully saturated rings. The van der Waals surface area contributed by atoms with Crippen LogP contribution in [-0.4, -0.2) is 16.0 Å². The van der Waals surface area contributed by atoms with Crippen LogP contribution in [0.5, 0.6) is 5.75 Å². The van der Waals surface area contributed by atoms with Crippen molar-refractivity contribution in [2.75, 3.05) is 5.32 Å². The number of amides is 2. The third-order valence-electron chi connectivity index (χ3n) is 4.00. The lowest BCUT2D eigenvalue weighted by Crippen LogP contribution is -2.22. The maximum absolute atomic E-state index is 12.0. The number of aromatic nitrogens is 2. The number of benzene rings is 3. The lowest BCUT2D eigenvalue weighted by atomic mass is 10.3. The first-order valence-electron chi connectivity index (χ1n) is 8.82. The van der Waals surface area contributed by atoms with Crippen LogP contribution in [-0.2, 0) is 6.61 Å². The van der Waals surface area contributed by atoms with Gasteiger partial charge in [-0.05, 0) is 72.6 Å². The van der Waals surface area contributed by atoms with Gasteiger partial charge < -0.3 is 15.0 Å². The van der Waals surface area contributed by atoms with Crippen molar-refractivity contribution in [1.82, 2.24) is 14.7 Å². The van der Waals surface area contributed by atoms with E-state index < -0.39 is 0 Å². The summed E-state index contributed by atoms with van der Waals surface area (Å²) in [5.74, 6) is 1.46. The Morgan fingerprint density at radius 1 is 1.03 bits per heavy atom. The molecule has 0 saturated heterocycles. The topological polar surface area (TPSA) is 79.0 Å². The Labute approximate surface area is 180 Å². The molecule has 3 N–H and O–H groups in total. The van der Waals surface area contributed by atoms with Crippen LogP contribution < -0.4 is 14.8 Å². The molecule has 0 saturated carbocycles. The molecule has 0 spiro atoms. The number of fused-ring (bicyclic) bond motifs is 1. The summed E-state index contributed by atoms with van der Waals surface area (Å²) in [6.07, 6.45) is 0. The van der Waals surface area contributed by atoms with Gasteiger partial charge in [0.1, 0.15) is 18.2 Å². The fourth-order valence-electron chi connectivity index (χ4n) is 2.62. The van der Waals surface area contributed by atoms with E-state index in [-0.39, 0.29) is 6.03 Å². The number of para-hydroxylation sites is 2. The average molecular weight is 469 g/mol. The Bertz CT molecular complexity index is 1080. The highest BCUT2D eigenvalue weighted by molar-refractivity contribution is 9.10. The molecule has 4 aromatic rings. The minimum atomic E-state index is -0.297. The van der Waals surface area contributed by atoms with Crippen molar-refractivity contribution < 1.29 is 9.53 Å². The molecule has 2 amide bonds. The number of ether oxygens (including phenoxy) is 1. The van der Waals surface area contributed by atoms with Crippen LogP contribution in [0.4, 0.5) is 10.5 Å². The van der Waals surface area contributed by atoms with Crippen molar-refractivity contribution in [2.24, 2.45) is 0 Å². The maximum atomic E-state index is 12.0. The summed E-state index contributed by atoms with van der Waals surface area (Å²) < 4.78 is 9.51. The number of hydrogen-bond donors (Lipinski definition) is 3. The van der Waals surface area contributed by atoms with Gasteiger partial charge in [0.15, 0.2) is 0 Å². The third-order valence-corrected chi connectivity index (χ3v) is 5.33. The average Bonchev–Trinajstić information content (AvgIpc) is 3.16. The van der Waals surface area contributed by atoms with Crippen LogP contribution >= 0.6 is 27.9 Å². The first kappa shape index (κ1) is 19.4. The summed E-state index contributed by atoms with van der Waals surface area (Å²) in [5.41, 5.74) is 2.57. The quantitative estimate of drug-likeness (QED) is 0.315. The Hall–Kier alpha value is -2.97. The van der Waals surface area contributed by atoms with E-state index in [1.807, 2.05) is 48.5 Å². The number of hydrogen-bond acceptors (Lipinski definition) is 4. The number of imidazole rings is 1. The summed E-state index contributed by atoms with van der Waals surface area (Å²) in [6.45, 7) is 0.339. The zero-order chi connectivity index (χ0) is 20.1. The van der Waals surface area contributed by atoms with Crippen LogP contribution in [0.1, 0.15) is 5.82 Å². The van der Waals surface area contributed by atoms with E-state index in [1.54, 1.807) is 24.3 Å². The number of carbonyl (C=O) groups is 1. The molecule has 0 aliphatic carbocycles. The lowest BCUT2D eigenvalue weighted by Gasteiger charge is -2.08. The lowest BCUT2D eigenvalue weighted by molar-refractivity contribution is 0.257. The van der Waals surface area contributed by atoms with Gasteiger partial charge in [-0.15, -0.1) is 0 Å². The van der Waals surface area contributed by atoms with E-state index in [2.05, 4.69) is 35.9 Å². The first-order chi connectivity index (χ1) is 14.2. The molecule has 0 atom stereocenters. The van der Waals surface area contributed by atoms with E-state index in [9.17, 15) is 4.79 Å². The van der Waals surface area contributed by atoms with E-state index in [0.29, 0.717) is 18.0 Å². The van der Waals surface area contributed by atoms with Gasteiger partial charge in [-0.1, -0.05) is 28.1 Å². The van der Waals surface area contributed by atoms with Crippen molar-refractivity contribution in [1.29, 1.82) is 0 Å². The van der Waals surface area contributed by atoms with Gasteiger partial charge in [0.2, 0.25) is 0 Å². The highest BCUT2D eigenvalue weighted by atomic mass is 79.9. The Balaban J connectivity index is 1.27. The van der Waals surface area contributed by atoms with Gasteiger partial charge >= 0.3 is 6.03 Å². The molecule has 1 heterocycles. The van der Waals surface area contributed by atoms with Gasteiger partial charge in [0.25, 0.3) is 0 Å². The monoisotopic (exact) mass is 468 g/mol. The molecule has 0 aliphatic rings. The number of H-pyrrole nitrogens is 1. The SMILES string of the molecule is O=C(NSc1ccc(Br)cc1)Nc1ccc(OCc2nc3ccccc3[nH]2)cc1. The van der Waals surface area contributed by atoms with E-state index >= 15 is 0 Å². The van der Waals surface area contributed by atoms with Gasteiger partial charge in [-0.3, -0.25) is 4.72 Å². The molecular formula is C21H17BrN4O2S. The van der Waals surface area contributed by atoms with Crippen LogP contribution in [0.25, 0.3) is 11.0 Å². The summed E-state index contributed by atoms with van der Waals surface area (Å²) in [7, 11) is 0. The maximum Gasteiger partial charge on any atom is 0.329 e. The number of anilines is 1. The number of nitrogens with zero attached hydrogens (tertiary/aromatic N) is 1. The molecule has 1 aromatic heterocycles. The molecular weight excluding hydrogens is 452 g/mol. The molecule has 3 aromatic carbocycles. The number of carbonyl (C=O) groups excluding carboxylic acids is 1. The molecule has 0 unspecified atom stereocenters. The van der Waals surface area contributed by atoms with Gasteiger partial charge in [0.05, 0.1) is 11.0 Å². The molecule has 146 valence electrons. The Kier molecular flexibility index (Phi) is 6.02. The molecule has 6 nitrogen and oxygen atoms in total. The van der Waals surface area contributed by atoms with Crippen molar-refractivity contribution in [3.63, 3.8) is 0 Å². The molecule has 0 radical (unpaired) electrons. The normalized spacial score (nSPS) is 10.7. The van der Waals surface area contributed by atoms with E-state index in [0.717, 1.165) is 26.2 Å². The second kappa shape index (κ2) is 9.02.